The Morgan fingerprint density at radius 1 is 0.906 bits per heavy atom. The number of hydrogen-bond donors (Lipinski definition) is 0. The molecule has 4 aromatic rings. The minimum absolute atomic E-state index is 0.0904. The SMILES string of the molecule is COc1ccccc1[C@H]1Oc2ccc(Br)cc2[C@@H]2CC(c3ccc4ccccc4c3)=NN12. The van der Waals surface area contributed by atoms with Gasteiger partial charge in [0, 0.05) is 16.5 Å². The summed E-state index contributed by atoms with van der Waals surface area (Å²) in [5.74, 6) is 1.69. The van der Waals surface area contributed by atoms with Gasteiger partial charge in [0.2, 0.25) is 6.23 Å². The van der Waals surface area contributed by atoms with E-state index in [9.17, 15) is 0 Å². The Morgan fingerprint density at radius 3 is 2.59 bits per heavy atom. The van der Waals surface area contributed by atoms with Gasteiger partial charge in [-0.25, -0.2) is 5.01 Å². The van der Waals surface area contributed by atoms with Gasteiger partial charge in [0.15, 0.2) is 0 Å². The Balaban J connectivity index is 1.47. The molecule has 0 unspecified atom stereocenters. The van der Waals surface area contributed by atoms with Crippen LogP contribution >= 0.6 is 15.9 Å². The standard InChI is InChI=1S/C27H21BrN2O2/c1-31-25-9-5-4-8-21(25)27-30-24(22-15-20(28)12-13-26(22)32-27)16-23(29-30)19-11-10-17-6-2-3-7-18(17)14-19/h2-15,24,27H,16H2,1H3/t24-,27+/m0/s1. The van der Waals surface area contributed by atoms with Crippen LogP contribution in [0.3, 0.4) is 0 Å². The van der Waals surface area contributed by atoms with Crippen molar-refractivity contribution in [1.29, 1.82) is 0 Å². The van der Waals surface area contributed by atoms with E-state index in [1.165, 1.54) is 10.8 Å². The molecule has 0 aliphatic carbocycles. The summed E-state index contributed by atoms with van der Waals surface area (Å²) < 4.78 is 13.2. The average molecular weight is 485 g/mol. The van der Waals surface area contributed by atoms with Crippen molar-refractivity contribution in [3.05, 3.63) is 106 Å². The largest absolute Gasteiger partial charge is 0.496 e. The zero-order valence-electron chi connectivity index (χ0n) is 17.5. The number of halogens is 1. The lowest BCUT2D eigenvalue weighted by Crippen LogP contribution is -2.34. The second-order valence-corrected chi connectivity index (χ2v) is 9.02. The summed E-state index contributed by atoms with van der Waals surface area (Å²) in [4.78, 5) is 0. The highest BCUT2D eigenvalue weighted by Gasteiger charge is 2.42. The van der Waals surface area contributed by atoms with Crippen LogP contribution in [0.15, 0.2) is 94.5 Å². The number of methoxy groups -OCH3 is 1. The van der Waals surface area contributed by atoms with E-state index in [-0.39, 0.29) is 12.3 Å². The van der Waals surface area contributed by atoms with Gasteiger partial charge in [-0.15, -0.1) is 0 Å². The highest BCUT2D eigenvalue weighted by atomic mass is 79.9. The normalized spacial score (nSPS) is 19.2. The topological polar surface area (TPSA) is 34.1 Å². The first-order valence-electron chi connectivity index (χ1n) is 10.7. The fraction of sp³-hybridized carbons (Fsp3) is 0.148. The first-order chi connectivity index (χ1) is 15.7. The van der Waals surface area contributed by atoms with Crippen LogP contribution in [0.5, 0.6) is 11.5 Å². The molecule has 158 valence electrons. The molecule has 0 bridgehead atoms. The van der Waals surface area contributed by atoms with Gasteiger partial charge < -0.3 is 9.47 Å². The zero-order valence-corrected chi connectivity index (χ0v) is 19.1. The predicted molar refractivity (Wildman–Crippen MR) is 130 cm³/mol. The Morgan fingerprint density at radius 2 is 1.72 bits per heavy atom. The second-order valence-electron chi connectivity index (χ2n) is 8.10. The van der Waals surface area contributed by atoms with Crippen molar-refractivity contribution >= 4 is 32.4 Å². The molecule has 0 saturated heterocycles. The molecule has 5 heteroatoms. The lowest BCUT2D eigenvalue weighted by Gasteiger charge is -2.38. The van der Waals surface area contributed by atoms with Crippen molar-refractivity contribution in [3.63, 3.8) is 0 Å². The quantitative estimate of drug-likeness (QED) is 0.318. The summed E-state index contributed by atoms with van der Waals surface area (Å²) in [5.41, 5.74) is 4.33. The molecule has 0 amide bonds. The molecule has 0 aromatic heterocycles. The first kappa shape index (κ1) is 19.4. The molecule has 2 aliphatic heterocycles. The van der Waals surface area contributed by atoms with E-state index in [2.05, 4.69) is 69.5 Å². The maximum absolute atomic E-state index is 6.50. The Labute approximate surface area is 195 Å². The minimum Gasteiger partial charge on any atom is -0.496 e. The van der Waals surface area contributed by atoms with Crippen LogP contribution in [0.4, 0.5) is 0 Å². The average Bonchev–Trinajstić information content (AvgIpc) is 3.29. The molecule has 0 fully saturated rings. The van der Waals surface area contributed by atoms with Crippen LogP contribution in [-0.2, 0) is 0 Å². The Kier molecular flexibility index (Phi) is 4.65. The molecule has 4 nitrogen and oxygen atoms in total. The van der Waals surface area contributed by atoms with Gasteiger partial charge in [-0.1, -0.05) is 64.5 Å². The third-order valence-electron chi connectivity index (χ3n) is 6.24. The summed E-state index contributed by atoms with van der Waals surface area (Å²) >= 11 is 3.63. The van der Waals surface area contributed by atoms with E-state index in [4.69, 9.17) is 14.6 Å². The second kappa shape index (κ2) is 7.68. The number of hydrogen-bond acceptors (Lipinski definition) is 4. The van der Waals surface area contributed by atoms with Gasteiger partial charge >= 0.3 is 0 Å². The fourth-order valence-corrected chi connectivity index (χ4v) is 5.06. The molecule has 2 aliphatic rings. The number of fused-ring (bicyclic) bond motifs is 4. The molecule has 6 rings (SSSR count). The zero-order chi connectivity index (χ0) is 21.7. The highest BCUT2D eigenvalue weighted by Crippen LogP contribution is 2.49. The predicted octanol–water partition coefficient (Wildman–Crippen LogP) is 6.85. The Bertz CT molecular complexity index is 1370. The summed E-state index contributed by atoms with van der Waals surface area (Å²) in [6, 6.07) is 29.3. The molecular weight excluding hydrogens is 464 g/mol. The van der Waals surface area contributed by atoms with Crippen LogP contribution in [0.1, 0.15) is 35.4 Å². The van der Waals surface area contributed by atoms with E-state index in [1.54, 1.807) is 7.11 Å². The molecular formula is C27H21BrN2O2. The van der Waals surface area contributed by atoms with Crippen molar-refractivity contribution < 1.29 is 9.47 Å². The van der Waals surface area contributed by atoms with E-state index < -0.39 is 0 Å². The van der Waals surface area contributed by atoms with Crippen molar-refractivity contribution in [2.75, 3.05) is 7.11 Å². The van der Waals surface area contributed by atoms with Gasteiger partial charge in [0.05, 0.1) is 24.4 Å². The van der Waals surface area contributed by atoms with Crippen LogP contribution in [0, 0.1) is 0 Å². The third kappa shape index (κ3) is 3.16. The van der Waals surface area contributed by atoms with Crippen LogP contribution in [0.25, 0.3) is 10.8 Å². The van der Waals surface area contributed by atoms with Gasteiger partial charge in [-0.2, -0.15) is 5.10 Å². The molecule has 4 aromatic carbocycles. The first-order valence-corrected chi connectivity index (χ1v) is 11.4. The lowest BCUT2D eigenvalue weighted by molar-refractivity contribution is -0.0203. The van der Waals surface area contributed by atoms with Crippen LogP contribution < -0.4 is 9.47 Å². The van der Waals surface area contributed by atoms with Crippen molar-refractivity contribution in [3.8, 4) is 11.5 Å². The number of rotatable bonds is 3. The maximum Gasteiger partial charge on any atom is 0.217 e. The summed E-state index contributed by atoms with van der Waals surface area (Å²) in [6.07, 6.45) is 0.458. The van der Waals surface area contributed by atoms with Gasteiger partial charge in [0.25, 0.3) is 0 Å². The van der Waals surface area contributed by atoms with Crippen LogP contribution in [-0.4, -0.2) is 17.8 Å². The van der Waals surface area contributed by atoms with Gasteiger partial charge in [-0.05, 0) is 52.7 Å². The molecule has 0 spiro atoms. The molecule has 0 saturated carbocycles. The lowest BCUT2D eigenvalue weighted by atomic mass is 9.95. The van der Waals surface area contributed by atoms with E-state index in [1.807, 2.05) is 36.4 Å². The van der Waals surface area contributed by atoms with E-state index in [0.29, 0.717) is 0 Å². The van der Waals surface area contributed by atoms with E-state index in [0.717, 1.165) is 44.8 Å². The fourth-order valence-electron chi connectivity index (χ4n) is 4.68. The minimum atomic E-state index is -0.359. The highest BCUT2D eigenvalue weighted by molar-refractivity contribution is 9.10. The summed E-state index contributed by atoms with van der Waals surface area (Å²) in [7, 11) is 1.69. The number of ether oxygens (including phenoxy) is 2. The number of para-hydroxylation sites is 1. The van der Waals surface area contributed by atoms with Gasteiger partial charge in [-0.3, -0.25) is 0 Å². The van der Waals surface area contributed by atoms with Crippen molar-refractivity contribution in [1.82, 2.24) is 5.01 Å². The van der Waals surface area contributed by atoms with E-state index >= 15 is 0 Å². The molecule has 2 heterocycles. The summed E-state index contributed by atoms with van der Waals surface area (Å²) in [5, 5.41) is 9.65. The number of nitrogens with zero attached hydrogens (tertiary/aromatic N) is 2. The third-order valence-corrected chi connectivity index (χ3v) is 6.73. The van der Waals surface area contributed by atoms with Crippen molar-refractivity contribution in [2.24, 2.45) is 5.10 Å². The maximum atomic E-state index is 6.50. The monoisotopic (exact) mass is 484 g/mol. The van der Waals surface area contributed by atoms with Crippen molar-refractivity contribution in [2.45, 2.75) is 18.7 Å². The Hall–Kier alpha value is -3.31. The molecule has 0 N–H and O–H groups in total. The molecule has 0 radical (unpaired) electrons. The van der Waals surface area contributed by atoms with Crippen LogP contribution in [0.2, 0.25) is 0 Å². The number of benzene rings is 4. The number of hydrazone groups is 1. The smallest absolute Gasteiger partial charge is 0.217 e. The summed E-state index contributed by atoms with van der Waals surface area (Å²) in [6.45, 7) is 0. The van der Waals surface area contributed by atoms with Gasteiger partial charge in [0.1, 0.15) is 11.5 Å². The molecule has 2 atom stereocenters. The molecule has 32 heavy (non-hydrogen) atoms.